The molecule has 2 unspecified atom stereocenters. The van der Waals surface area contributed by atoms with Crippen molar-refractivity contribution in [3.05, 3.63) is 32.4 Å². The summed E-state index contributed by atoms with van der Waals surface area (Å²) in [7, 11) is 0. The summed E-state index contributed by atoms with van der Waals surface area (Å²) in [5, 5.41) is 0.798. The fraction of sp³-hybridized carbons (Fsp3) is 0.538. The Bertz CT molecular complexity index is 357. The molecule has 1 aromatic carbocycles. The monoisotopic (exact) mass is 366 g/mol. The highest BCUT2D eigenvalue weighted by molar-refractivity contribution is 14.1. The van der Waals surface area contributed by atoms with Crippen molar-refractivity contribution >= 4 is 34.2 Å². The van der Waals surface area contributed by atoms with Crippen LogP contribution in [0, 0.1) is 9.49 Å². The molecule has 3 N–H and O–H groups in total. The number of hydrazine groups is 1. The van der Waals surface area contributed by atoms with Gasteiger partial charge in [-0.05, 0) is 52.6 Å². The molecule has 0 heterocycles. The van der Waals surface area contributed by atoms with Gasteiger partial charge in [0.05, 0.1) is 5.02 Å². The first-order chi connectivity index (χ1) is 8.08. The average molecular weight is 367 g/mol. The molecule has 0 aliphatic carbocycles. The molecule has 0 aliphatic rings. The smallest absolute Gasteiger partial charge is 0.0542 e. The van der Waals surface area contributed by atoms with Crippen LogP contribution in [-0.4, -0.2) is 0 Å². The summed E-state index contributed by atoms with van der Waals surface area (Å²) < 4.78 is 1.07. The zero-order valence-corrected chi connectivity index (χ0v) is 13.3. The zero-order chi connectivity index (χ0) is 12.8. The number of halogens is 2. The van der Waals surface area contributed by atoms with Crippen molar-refractivity contribution in [2.45, 2.75) is 39.2 Å². The summed E-state index contributed by atoms with van der Waals surface area (Å²) in [4.78, 5) is 0. The van der Waals surface area contributed by atoms with Gasteiger partial charge in [-0.25, -0.2) is 0 Å². The number of nitrogens with two attached hydrogens (primary N) is 1. The highest BCUT2D eigenvalue weighted by atomic mass is 127. The molecule has 0 saturated carbocycles. The fourth-order valence-corrected chi connectivity index (χ4v) is 2.57. The molecule has 0 radical (unpaired) electrons. The van der Waals surface area contributed by atoms with E-state index in [0.717, 1.165) is 15.0 Å². The lowest BCUT2D eigenvalue weighted by atomic mass is 9.93. The van der Waals surface area contributed by atoms with E-state index in [4.69, 9.17) is 17.4 Å². The summed E-state index contributed by atoms with van der Waals surface area (Å²) in [6.45, 7) is 4.48. The largest absolute Gasteiger partial charge is 0.271 e. The van der Waals surface area contributed by atoms with E-state index >= 15 is 0 Å². The van der Waals surface area contributed by atoms with Crippen molar-refractivity contribution < 1.29 is 0 Å². The third-order valence-electron chi connectivity index (χ3n) is 2.97. The predicted molar refractivity (Wildman–Crippen MR) is 82.9 cm³/mol. The molecule has 17 heavy (non-hydrogen) atoms. The summed E-state index contributed by atoms with van der Waals surface area (Å²) in [5.74, 6) is 6.31. The van der Waals surface area contributed by atoms with Crippen molar-refractivity contribution in [1.82, 2.24) is 5.43 Å². The van der Waals surface area contributed by atoms with Crippen molar-refractivity contribution in [2.24, 2.45) is 11.8 Å². The van der Waals surface area contributed by atoms with Crippen LogP contribution in [0.15, 0.2) is 18.2 Å². The van der Waals surface area contributed by atoms with Crippen LogP contribution in [0.5, 0.6) is 0 Å². The average Bonchev–Trinajstić information content (AvgIpc) is 2.30. The van der Waals surface area contributed by atoms with Crippen LogP contribution in [0.25, 0.3) is 0 Å². The summed E-state index contributed by atoms with van der Waals surface area (Å²) in [5.41, 5.74) is 4.06. The number of nitrogens with one attached hydrogen (secondary N) is 1. The maximum Gasteiger partial charge on any atom is 0.0542 e. The number of hydrogen-bond donors (Lipinski definition) is 2. The lowest BCUT2D eigenvalue weighted by Crippen LogP contribution is -2.29. The molecule has 0 amide bonds. The van der Waals surface area contributed by atoms with Gasteiger partial charge < -0.3 is 0 Å². The molecular formula is C13H20ClIN2. The van der Waals surface area contributed by atoms with E-state index in [1.54, 1.807) is 0 Å². The van der Waals surface area contributed by atoms with Gasteiger partial charge >= 0.3 is 0 Å². The van der Waals surface area contributed by atoms with Crippen LogP contribution in [-0.2, 0) is 0 Å². The Morgan fingerprint density at radius 1 is 1.47 bits per heavy atom. The van der Waals surface area contributed by atoms with Gasteiger partial charge in [-0.15, -0.1) is 0 Å². The molecule has 4 heteroatoms. The molecule has 1 rings (SSSR count). The molecule has 0 bridgehead atoms. The van der Waals surface area contributed by atoms with Gasteiger partial charge in [0, 0.05) is 9.61 Å². The maximum absolute atomic E-state index is 6.14. The van der Waals surface area contributed by atoms with E-state index in [-0.39, 0.29) is 6.04 Å². The van der Waals surface area contributed by atoms with Gasteiger partial charge in [-0.2, -0.15) is 0 Å². The second-order valence-corrected chi connectivity index (χ2v) is 6.09. The molecule has 1 aromatic rings. The topological polar surface area (TPSA) is 38.0 Å². The molecule has 2 atom stereocenters. The van der Waals surface area contributed by atoms with Crippen molar-refractivity contribution in [3.63, 3.8) is 0 Å². The Balaban J connectivity index is 2.75. The molecule has 0 spiro atoms. The van der Waals surface area contributed by atoms with E-state index in [9.17, 15) is 0 Å². The quantitative estimate of drug-likeness (QED) is 0.448. The van der Waals surface area contributed by atoms with Gasteiger partial charge in [0.25, 0.3) is 0 Å². The number of hydrogen-bond acceptors (Lipinski definition) is 2. The van der Waals surface area contributed by atoms with Crippen molar-refractivity contribution in [3.8, 4) is 0 Å². The van der Waals surface area contributed by atoms with Crippen molar-refractivity contribution in [2.75, 3.05) is 0 Å². The van der Waals surface area contributed by atoms with Crippen LogP contribution in [0.4, 0.5) is 0 Å². The minimum Gasteiger partial charge on any atom is -0.271 e. The van der Waals surface area contributed by atoms with E-state index in [1.807, 2.05) is 12.1 Å². The second-order valence-electron chi connectivity index (χ2n) is 4.52. The first-order valence-corrected chi connectivity index (χ1v) is 7.45. The van der Waals surface area contributed by atoms with E-state index in [2.05, 4.69) is 47.9 Å². The van der Waals surface area contributed by atoms with Crippen LogP contribution in [0.3, 0.4) is 0 Å². The summed E-state index contributed by atoms with van der Waals surface area (Å²) >= 11 is 8.37. The molecular weight excluding hydrogens is 347 g/mol. The molecule has 2 nitrogen and oxygen atoms in total. The summed E-state index contributed by atoms with van der Waals surface area (Å²) in [6, 6.07) is 6.32. The van der Waals surface area contributed by atoms with Crippen LogP contribution in [0.2, 0.25) is 5.02 Å². The SMILES string of the molecule is CCCC(C)CC(NN)c1ccc(I)c(Cl)c1. The molecule has 0 aliphatic heterocycles. The van der Waals surface area contributed by atoms with Crippen molar-refractivity contribution in [1.29, 1.82) is 0 Å². The van der Waals surface area contributed by atoms with Gasteiger partial charge in [-0.1, -0.05) is 44.4 Å². The van der Waals surface area contributed by atoms with E-state index < -0.39 is 0 Å². The van der Waals surface area contributed by atoms with Gasteiger partial charge in [0.2, 0.25) is 0 Å². The molecule has 0 fully saturated rings. The highest BCUT2D eigenvalue weighted by Gasteiger charge is 2.14. The van der Waals surface area contributed by atoms with Crippen LogP contribution >= 0.6 is 34.2 Å². The zero-order valence-electron chi connectivity index (χ0n) is 10.3. The first kappa shape index (κ1) is 15.2. The Morgan fingerprint density at radius 2 is 2.18 bits per heavy atom. The highest BCUT2D eigenvalue weighted by Crippen LogP contribution is 2.27. The second kappa shape index (κ2) is 7.56. The summed E-state index contributed by atoms with van der Waals surface area (Å²) in [6.07, 6.45) is 3.49. The third-order valence-corrected chi connectivity index (χ3v) is 4.54. The predicted octanol–water partition coefficient (Wildman–Crippen LogP) is 4.28. The van der Waals surface area contributed by atoms with E-state index in [0.29, 0.717) is 5.92 Å². The molecule has 0 aromatic heterocycles. The standard InChI is InChI=1S/C13H20ClIN2/c1-3-4-9(2)7-13(17-16)10-5-6-12(15)11(14)8-10/h5-6,8-9,13,17H,3-4,7,16H2,1-2H3. The van der Waals surface area contributed by atoms with Gasteiger partial charge in [-0.3, -0.25) is 11.3 Å². The third kappa shape index (κ3) is 4.73. The molecule has 0 saturated heterocycles. The van der Waals surface area contributed by atoms with E-state index in [1.165, 1.54) is 18.4 Å². The van der Waals surface area contributed by atoms with Crippen LogP contribution < -0.4 is 11.3 Å². The Hall–Kier alpha value is 0.160. The Kier molecular flexibility index (Phi) is 6.77. The molecule has 96 valence electrons. The maximum atomic E-state index is 6.14. The number of benzene rings is 1. The lowest BCUT2D eigenvalue weighted by molar-refractivity contribution is 0.394. The number of rotatable bonds is 6. The van der Waals surface area contributed by atoms with Crippen LogP contribution in [0.1, 0.15) is 44.7 Å². The van der Waals surface area contributed by atoms with Gasteiger partial charge in [0.15, 0.2) is 0 Å². The fourth-order valence-electron chi connectivity index (χ4n) is 2.04. The lowest BCUT2D eigenvalue weighted by Gasteiger charge is -2.20. The Labute approximate surface area is 122 Å². The van der Waals surface area contributed by atoms with Gasteiger partial charge in [0.1, 0.15) is 0 Å². The Morgan fingerprint density at radius 3 is 2.71 bits per heavy atom. The first-order valence-electron chi connectivity index (χ1n) is 5.99. The minimum absolute atomic E-state index is 0.186. The minimum atomic E-state index is 0.186. The normalized spacial score (nSPS) is 14.6.